The van der Waals surface area contributed by atoms with Gasteiger partial charge in [-0.25, -0.2) is 4.68 Å². The van der Waals surface area contributed by atoms with Gasteiger partial charge in [-0.1, -0.05) is 0 Å². The van der Waals surface area contributed by atoms with Crippen LogP contribution < -0.4 is 5.32 Å². The van der Waals surface area contributed by atoms with Gasteiger partial charge >= 0.3 is 0 Å². The molecule has 1 rings (SSSR count). The van der Waals surface area contributed by atoms with E-state index in [9.17, 15) is 4.79 Å². The molecule has 0 aliphatic rings. The van der Waals surface area contributed by atoms with Gasteiger partial charge in [-0.05, 0) is 20.3 Å². The van der Waals surface area contributed by atoms with Crippen LogP contribution >= 0.6 is 11.6 Å². The molecular formula is C10H16ClN3O. The second kappa shape index (κ2) is 5.75. The minimum Gasteiger partial charge on any atom is -0.311 e. The van der Waals surface area contributed by atoms with Crippen LogP contribution in [-0.2, 0) is 4.79 Å². The molecular weight excluding hydrogens is 214 g/mol. The van der Waals surface area contributed by atoms with Crippen LogP contribution in [0.15, 0.2) is 12.3 Å². The van der Waals surface area contributed by atoms with Crippen LogP contribution in [0, 0.1) is 0 Å². The molecule has 0 spiro atoms. The number of alkyl halides is 1. The van der Waals surface area contributed by atoms with Gasteiger partial charge in [0.25, 0.3) is 0 Å². The van der Waals surface area contributed by atoms with Gasteiger partial charge < -0.3 is 5.32 Å². The van der Waals surface area contributed by atoms with Gasteiger partial charge in [-0.2, -0.15) is 5.10 Å². The van der Waals surface area contributed by atoms with E-state index in [0.29, 0.717) is 18.7 Å². The van der Waals surface area contributed by atoms with E-state index in [0.717, 1.165) is 5.82 Å². The summed E-state index contributed by atoms with van der Waals surface area (Å²) in [6.07, 6.45) is 2.83. The maximum Gasteiger partial charge on any atom is 0.225 e. The molecule has 1 aromatic rings. The number of nitrogens with zero attached hydrogens (tertiary/aromatic N) is 2. The minimum atomic E-state index is -0.0157. The fourth-order valence-corrected chi connectivity index (χ4v) is 1.39. The number of hydrogen-bond donors (Lipinski definition) is 1. The van der Waals surface area contributed by atoms with Gasteiger partial charge in [-0.15, -0.1) is 11.6 Å². The molecule has 15 heavy (non-hydrogen) atoms. The summed E-state index contributed by atoms with van der Waals surface area (Å²) < 4.78 is 1.78. The molecule has 84 valence electrons. The van der Waals surface area contributed by atoms with Gasteiger partial charge in [0, 0.05) is 24.4 Å². The lowest BCUT2D eigenvalue weighted by atomic mass is 10.3. The van der Waals surface area contributed by atoms with Crippen LogP contribution in [-0.4, -0.2) is 21.6 Å². The molecule has 0 unspecified atom stereocenters. The number of carbonyl (C=O) groups is 1. The quantitative estimate of drug-likeness (QED) is 0.789. The zero-order valence-corrected chi connectivity index (χ0v) is 9.79. The molecule has 0 aliphatic heterocycles. The first kappa shape index (κ1) is 12.0. The van der Waals surface area contributed by atoms with Crippen molar-refractivity contribution in [2.24, 2.45) is 0 Å². The lowest BCUT2D eigenvalue weighted by Crippen LogP contribution is -2.16. The summed E-state index contributed by atoms with van der Waals surface area (Å²) in [6, 6.07) is 2.03. The predicted molar refractivity (Wildman–Crippen MR) is 61.2 cm³/mol. The Morgan fingerprint density at radius 3 is 3.00 bits per heavy atom. The summed E-state index contributed by atoms with van der Waals surface area (Å²) in [5.74, 6) is 1.24. The van der Waals surface area contributed by atoms with E-state index < -0.39 is 0 Å². The van der Waals surface area contributed by atoms with Crippen molar-refractivity contribution < 1.29 is 4.79 Å². The summed E-state index contributed by atoms with van der Waals surface area (Å²) >= 11 is 5.51. The van der Waals surface area contributed by atoms with E-state index in [2.05, 4.69) is 10.4 Å². The second-order valence-electron chi connectivity index (χ2n) is 3.60. The molecule has 1 heterocycles. The Morgan fingerprint density at radius 1 is 1.67 bits per heavy atom. The molecule has 0 saturated carbocycles. The summed E-state index contributed by atoms with van der Waals surface area (Å²) in [5, 5.41) is 6.93. The van der Waals surface area contributed by atoms with Gasteiger partial charge in [0.2, 0.25) is 5.91 Å². The summed E-state index contributed by atoms with van der Waals surface area (Å²) in [6.45, 7) is 4.03. The Morgan fingerprint density at radius 2 is 2.40 bits per heavy atom. The molecule has 4 nitrogen and oxygen atoms in total. The fraction of sp³-hybridized carbons (Fsp3) is 0.600. The number of amides is 1. The van der Waals surface area contributed by atoms with Crippen LogP contribution in [0.5, 0.6) is 0 Å². The number of anilines is 1. The highest BCUT2D eigenvalue weighted by molar-refractivity contribution is 6.18. The maximum absolute atomic E-state index is 11.4. The van der Waals surface area contributed by atoms with E-state index in [1.165, 1.54) is 0 Å². The lowest BCUT2D eigenvalue weighted by Gasteiger charge is -2.11. The number of nitrogens with one attached hydrogen (secondary N) is 1. The van der Waals surface area contributed by atoms with Crippen molar-refractivity contribution in [2.45, 2.75) is 32.7 Å². The molecule has 1 N–H and O–H groups in total. The molecule has 0 saturated heterocycles. The van der Waals surface area contributed by atoms with Crippen molar-refractivity contribution in [3.05, 3.63) is 12.3 Å². The third-order valence-corrected chi connectivity index (χ3v) is 2.23. The topological polar surface area (TPSA) is 46.9 Å². The molecule has 0 aliphatic carbocycles. The van der Waals surface area contributed by atoms with Crippen molar-refractivity contribution in [1.82, 2.24) is 9.78 Å². The molecule has 1 amide bonds. The second-order valence-corrected chi connectivity index (χ2v) is 3.97. The lowest BCUT2D eigenvalue weighted by molar-refractivity contribution is -0.116. The van der Waals surface area contributed by atoms with Crippen LogP contribution in [0.1, 0.15) is 32.7 Å². The normalized spacial score (nSPS) is 10.7. The minimum absolute atomic E-state index is 0.0157. The first-order valence-electron chi connectivity index (χ1n) is 5.04. The summed E-state index contributed by atoms with van der Waals surface area (Å²) in [4.78, 5) is 11.4. The fourth-order valence-electron chi connectivity index (χ4n) is 1.26. The van der Waals surface area contributed by atoms with Crippen LogP contribution in [0.4, 0.5) is 5.82 Å². The third-order valence-electron chi connectivity index (χ3n) is 1.96. The van der Waals surface area contributed by atoms with Crippen LogP contribution in [0.25, 0.3) is 0 Å². The SMILES string of the molecule is CC(C)n1nccc1NC(=O)CCCCl. The van der Waals surface area contributed by atoms with Gasteiger partial charge in [-0.3, -0.25) is 4.79 Å². The molecule has 0 atom stereocenters. The first-order valence-corrected chi connectivity index (χ1v) is 5.58. The van der Waals surface area contributed by atoms with E-state index in [-0.39, 0.29) is 11.9 Å². The van der Waals surface area contributed by atoms with E-state index in [1.54, 1.807) is 16.9 Å². The van der Waals surface area contributed by atoms with Crippen LogP contribution in [0.3, 0.4) is 0 Å². The predicted octanol–water partition coefficient (Wildman–Crippen LogP) is 2.42. The number of rotatable bonds is 5. The monoisotopic (exact) mass is 229 g/mol. The maximum atomic E-state index is 11.4. The van der Waals surface area contributed by atoms with Gasteiger partial charge in [0.1, 0.15) is 5.82 Å². The summed E-state index contributed by atoms with van der Waals surface area (Å²) in [7, 11) is 0. The Hall–Kier alpha value is -1.03. The number of halogens is 1. The molecule has 0 aromatic carbocycles. The van der Waals surface area contributed by atoms with Crippen molar-refractivity contribution in [3.8, 4) is 0 Å². The Bertz CT molecular complexity index is 322. The highest BCUT2D eigenvalue weighted by atomic mass is 35.5. The standard InChI is InChI=1S/C10H16ClN3O/c1-8(2)14-9(5-7-12-14)13-10(15)4-3-6-11/h5,7-8H,3-4,6H2,1-2H3,(H,13,15). The molecule has 0 fully saturated rings. The zero-order chi connectivity index (χ0) is 11.3. The number of hydrogen-bond acceptors (Lipinski definition) is 2. The molecule has 0 radical (unpaired) electrons. The Kier molecular flexibility index (Phi) is 4.62. The van der Waals surface area contributed by atoms with E-state index in [4.69, 9.17) is 11.6 Å². The smallest absolute Gasteiger partial charge is 0.225 e. The van der Waals surface area contributed by atoms with Crippen molar-refractivity contribution in [3.63, 3.8) is 0 Å². The van der Waals surface area contributed by atoms with Gasteiger partial charge in [0.05, 0.1) is 6.20 Å². The Labute approximate surface area is 94.6 Å². The largest absolute Gasteiger partial charge is 0.311 e. The zero-order valence-electron chi connectivity index (χ0n) is 9.03. The van der Waals surface area contributed by atoms with Crippen LogP contribution in [0.2, 0.25) is 0 Å². The van der Waals surface area contributed by atoms with Gasteiger partial charge in [0.15, 0.2) is 0 Å². The number of aromatic nitrogens is 2. The average molecular weight is 230 g/mol. The first-order chi connectivity index (χ1) is 7.15. The van der Waals surface area contributed by atoms with Crippen molar-refractivity contribution in [1.29, 1.82) is 0 Å². The highest BCUT2D eigenvalue weighted by Gasteiger charge is 2.08. The van der Waals surface area contributed by atoms with Crippen molar-refractivity contribution in [2.75, 3.05) is 11.2 Å². The molecule has 0 bridgehead atoms. The van der Waals surface area contributed by atoms with E-state index in [1.807, 2.05) is 13.8 Å². The Balaban J connectivity index is 2.56. The van der Waals surface area contributed by atoms with E-state index >= 15 is 0 Å². The average Bonchev–Trinajstić information content (AvgIpc) is 2.62. The highest BCUT2D eigenvalue weighted by Crippen LogP contribution is 2.13. The van der Waals surface area contributed by atoms with Crippen molar-refractivity contribution >= 4 is 23.3 Å². The summed E-state index contributed by atoms with van der Waals surface area (Å²) in [5.41, 5.74) is 0. The third kappa shape index (κ3) is 3.55. The molecule has 5 heteroatoms. The number of carbonyl (C=O) groups excluding carboxylic acids is 1. The molecule has 1 aromatic heterocycles.